The van der Waals surface area contributed by atoms with Gasteiger partial charge in [-0.1, -0.05) is 30.3 Å². The number of hydrogen-bond donors (Lipinski definition) is 1. The molecule has 18 heavy (non-hydrogen) atoms. The Morgan fingerprint density at radius 2 is 2.00 bits per heavy atom. The molecule has 0 radical (unpaired) electrons. The van der Waals surface area contributed by atoms with Crippen LogP contribution in [-0.2, 0) is 0 Å². The fourth-order valence-electron chi connectivity index (χ4n) is 1.73. The zero-order valence-corrected chi connectivity index (χ0v) is 10.7. The summed E-state index contributed by atoms with van der Waals surface area (Å²) in [6.45, 7) is 3.75. The maximum absolute atomic E-state index is 12.2. The Morgan fingerprint density at radius 1 is 1.33 bits per heavy atom. The third-order valence-electron chi connectivity index (χ3n) is 2.97. The predicted molar refractivity (Wildman–Crippen MR) is 68.1 cm³/mol. The summed E-state index contributed by atoms with van der Waals surface area (Å²) in [7, 11) is 1.76. The molecule has 0 saturated carbocycles. The second kappa shape index (κ2) is 5.00. The second-order valence-corrected chi connectivity index (χ2v) is 4.25. The number of carbonyl (C=O) groups excluding carboxylic acids is 1. The molecule has 0 saturated heterocycles. The van der Waals surface area contributed by atoms with Gasteiger partial charge in [-0.05, 0) is 19.4 Å². The van der Waals surface area contributed by atoms with Crippen LogP contribution in [0.25, 0.3) is 0 Å². The van der Waals surface area contributed by atoms with Crippen LogP contribution in [0.1, 0.15) is 35.0 Å². The number of amides is 1. The van der Waals surface area contributed by atoms with Crippen molar-refractivity contribution in [1.82, 2.24) is 20.1 Å². The van der Waals surface area contributed by atoms with Gasteiger partial charge in [-0.25, -0.2) is 4.98 Å². The Bertz CT molecular complexity index is 535. The topological polar surface area (TPSA) is 61.9 Å². The van der Waals surface area contributed by atoms with Crippen LogP contribution in [-0.4, -0.2) is 33.0 Å². The molecule has 0 spiro atoms. The van der Waals surface area contributed by atoms with Crippen LogP contribution in [0.2, 0.25) is 0 Å². The van der Waals surface area contributed by atoms with Gasteiger partial charge < -0.3 is 4.90 Å². The smallest absolute Gasteiger partial charge is 0.293 e. The molecule has 5 nitrogen and oxygen atoms in total. The van der Waals surface area contributed by atoms with Crippen LogP contribution >= 0.6 is 0 Å². The van der Waals surface area contributed by atoms with Gasteiger partial charge in [0.05, 0.1) is 6.04 Å². The maximum Gasteiger partial charge on any atom is 0.293 e. The van der Waals surface area contributed by atoms with Gasteiger partial charge in [0, 0.05) is 7.05 Å². The van der Waals surface area contributed by atoms with Gasteiger partial charge in [0.25, 0.3) is 5.91 Å². The van der Waals surface area contributed by atoms with Crippen molar-refractivity contribution >= 4 is 5.91 Å². The highest BCUT2D eigenvalue weighted by atomic mass is 16.2. The van der Waals surface area contributed by atoms with Crippen molar-refractivity contribution in [2.45, 2.75) is 19.9 Å². The van der Waals surface area contributed by atoms with E-state index in [1.54, 1.807) is 18.9 Å². The summed E-state index contributed by atoms with van der Waals surface area (Å²) in [5.74, 6) is 0.660. The van der Waals surface area contributed by atoms with E-state index >= 15 is 0 Å². The monoisotopic (exact) mass is 244 g/mol. The number of benzene rings is 1. The van der Waals surface area contributed by atoms with Crippen molar-refractivity contribution in [3.05, 3.63) is 47.5 Å². The number of carbonyl (C=O) groups is 1. The number of hydrogen-bond acceptors (Lipinski definition) is 3. The molecule has 1 aromatic carbocycles. The Kier molecular flexibility index (Phi) is 3.41. The first-order chi connectivity index (χ1) is 8.59. The number of aromatic amines is 1. The summed E-state index contributed by atoms with van der Waals surface area (Å²) >= 11 is 0. The summed E-state index contributed by atoms with van der Waals surface area (Å²) in [6, 6.07) is 9.85. The van der Waals surface area contributed by atoms with Crippen LogP contribution in [0.3, 0.4) is 0 Å². The van der Waals surface area contributed by atoms with E-state index in [1.165, 1.54) is 0 Å². The van der Waals surface area contributed by atoms with E-state index in [0.717, 1.165) is 5.56 Å². The first kappa shape index (κ1) is 12.3. The fourth-order valence-corrected chi connectivity index (χ4v) is 1.73. The highest BCUT2D eigenvalue weighted by Crippen LogP contribution is 2.19. The quantitative estimate of drug-likeness (QED) is 0.897. The van der Waals surface area contributed by atoms with Crippen LogP contribution < -0.4 is 0 Å². The summed E-state index contributed by atoms with van der Waals surface area (Å²) in [6.07, 6.45) is 0. The van der Waals surface area contributed by atoms with Gasteiger partial charge in [-0.15, -0.1) is 5.10 Å². The molecule has 2 rings (SSSR count). The minimum Gasteiger partial charge on any atom is -0.332 e. The molecule has 94 valence electrons. The zero-order valence-electron chi connectivity index (χ0n) is 10.7. The molecule has 0 aliphatic rings. The average Bonchev–Trinajstić information content (AvgIpc) is 2.84. The van der Waals surface area contributed by atoms with E-state index in [1.807, 2.05) is 37.3 Å². The van der Waals surface area contributed by atoms with Crippen molar-refractivity contribution in [2.24, 2.45) is 0 Å². The van der Waals surface area contributed by atoms with Crippen LogP contribution in [0, 0.1) is 6.92 Å². The highest BCUT2D eigenvalue weighted by Gasteiger charge is 2.21. The lowest BCUT2D eigenvalue weighted by molar-refractivity contribution is 0.0730. The molecule has 1 aromatic heterocycles. The van der Waals surface area contributed by atoms with E-state index in [2.05, 4.69) is 15.2 Å². The van der Waals surface area contributed by atoms with Crippen molar-refractivity contribution < 1.29 is 4.79 Å². The first-order valence-electron chi connectivity index (χ1n) is 5.80. The molecule has 0 aliphatic heterocycles. The number of rotatable bonds is 3. The molecule has 1 amide bonds. The number of aryl methyl sites for hydroxylation is 1. The molecule has 1 atom stereocenters. The number of nitrogens with one attached hydrogen (secondary N) is 1. The van der Waals surface area contributed by atoms with Crippen LogP contribution in [0.4, 0.5) is 0 Å². The fraction of sp³-hybridized carbons (Fsp3) is 0.308. The third kappa shape index (κ3) is 2.40. The van der Waals surface area contributed by atoms with Crippen molar-refractivity contribution in [3.63, 3.8) is 0 Å². The lowest BCUT2D eigenvalue weighted by atomic mass is 10.1. The normalized spacial score (nSPS) is 12.2. The van der Waals surface area contributed by atoms with E-state index in [4.69, 9.17) is 0 Å². The number of H-pyrrole nitrogens is 1. The largest absolute Gasteiger partial charge is 0.332 e. The van der Waals surface area contributed by atoms with E-state index < -0.39 is 0 Å². The second-order valence-electron chi connectivity index (χ2n) is 4.25. The minimum absolute atomic E-state index is 0.0162. The van der Waals surface area contributed by atoms with Gasteiger partial charge in [0.1, 0.15) is 5.82 Å². The lowest BCUT2D eigenvalue weighted by Gasteiger charge is -2.24. The number of nitrogens with zero attached hydrogens (tertiary/aromatic N) is 3. The lowest BCUT2D eigenvalue weighted by Crippen LogP contribution is -2.30. The molecule has 1 unspecified atom stereocenters. The van der Waals surface area contributed by atoms with E-state index in [9.17, 15) is 4.79 Å². The first-order valence-corrected chi connectivity index (χ1v) is 5.80. The molecule has 1 heterocycles. The SMILES string of the molecule is Cc1nc(C(=O)N(C)C(C)c2ccccc2)n[nH]1. The predicted octanol–water partition coefficient (Wildman–Crippen LogP) is 1.95. The van der Waals surface area contributed by atoms with Crippen molar-refractivity contribution in [1.29, 1.82) is 0 Å². The summed E-state index contributed by atoms with van der Waals surface area (Å²) < 4.78 is 0. The zero-order chi connectivity index (χ0) is 13.1. The Morgan fingerprint density at radius 3 is 2.56 bits per heavy atom. The van der Waals surface area contributed by atoms with Gasteiger partial charge >= 0.3 is 0 Å². The molecule has 0 aliphatic carbocycles. The highest BCUT2D eigenvalue weighted by molar-refractivity contribution is 5.90. The Balaban J connectivity index is 2.16. The van der Waals surface area contributed by atoms with Crippen molar-refractivity contribution in [2.75, 3.05) is 7.05 Å². The van der Waals surface area contributed by atoms with E-state index in [-0.39, 0.29) is 17.8 Å². The van der Waals surface area contributed by atoms with Gasteiger partial charge in [-0.2, -0.15) is 0 Å². The number of aromatic nitrogens is 3. The van der Waals surface area contributed by atoms with Gasteiger partial charge in [0.2, 0.25) is 5.82 Å². The summed E-state index contributed by atoms with van der Waals surface area (Å²) in [5.41, 5.74) is 1.08. The van der Waals surface area contributed by atoms with Gasteiger partial charge in [0.15, 0.2) is 0 Å². The minimum atomic E-state index is -0.185. The summed E-state index contributed by atoms with van der Waals surface area (Å²) in [4.78, 5) is 17.8. The van der Waals surface area contributed by atoms with Crippen LogP contribution in [0.15, 0.2) is 30.3 Å². The molecule has 5 heteroatoms. The van der Waals surface area contributed by atoms with Gasteiger partial charge in [-0.3, -0.25) is 9.89 Å². The maximum atomic E-state index is 12.2. The Labute approximate surface area is 106 Å². The molecule has 1 N–H and O–H groups in total. The summed E-state index contributed by atoms with van der Waals surface area (Å²) in [5, 5.41) is 6.56. The third-order valence-corrected chi connectivity index (χ3v) is 2.97. The molecular formula is C13H16N4O. The van der Waals surface area contributed by atoms with Crippen LogP contribution in [0.5, 0.6) is 0 Å². The van der Waals surface area contributed by atoms with Crippen molar-refractivity contribution in [3.8, 4) is 0 Å². The molecule has 2 aromatic rings. The van der Waals surface area contributed by atoms with E-state index in [0.29, 0.717) is 5.82 Å². The average molecular weight is 244 g/mol. The molecule has 0 fully saturated rings. The molecular weight excluding hydrogens is 228 g/mol. The standard InChI is InChI=1S/C13H16N4O/c1-9(11-7-5-4-6-8-11)17(3)13(18)12-14-10(2)15-16-12/h4-9H,1-3H3,(H,14,15,16). The Hall–Kier alpha value is -2.17. The molecule has 0 bridgehead atoms.